The summed E-state index contributed by atoms with van der Waals surface area (Å²) in [6.45, 7) is 8.45. The van der Waals surface area contributed by atoms with E-state index < -0.39 is 0 Å². The first-order valence-electron chi connectivity index (χ1n) is 8.66. The first-order valence-corrected chi connectivity index (χ1v) is 8.66. The monoisotopic (exact) mass is 327 g/mol. The lowest BCUT2D eigenvalue weighted by Crippen LogP contribution is -2.42. The molecule has 1 fully saturated rings. The molecule has 0 unspecified atom stereocenters. The van der Waals surface area contributed by atoms with Gasteiger partial charge in [-0.15, -0.1) is 0 Å². The fourth-order valence-electron chi connectivity index (χ4n) is 3.46. The highest BCUT2D eigenvalue weighted by molar-refractivity contribution is 5.92. The number of hydrogen-bond acceptors (Lipinski definition) is 3. The van der Waals surface area contributed by atoms with Gasteiger partial charge in [-0.2, -0.15) is 5.10 Å². The Morgan fingerprint density at radius 3 is 2.50 bits per heavy atom. The number of carbonyl (C=O) groups excluding carboxylic acids is 1. The van der Waals surface area contributed by atoms with Crippen LogP contribution in [-0.2, 0) is 0 Å². The molecule has 3 rings (SSSR count). The van der Waals surface area contributed by atoms with Gasteiger partial charge >= 0.3 is 0 Å². The SMILES string of the molecule is CCOc1cc(C(=O)N2C[C@H](C)C[C@H](C)C2)nn1-c1ccccc1. The second-order valence-electron chi connectivity index (χ2n) is 6.70. The van der Waals surface area contributed by atoms with Crippen molar-refractivity contribution in [3.8, 4) is 11.6 Å². The highest BCUT2D eigenvalue weighted by atomic mass is 16.5. The average molecular weight is 327 g/mol. The Labute approximate surface area is 143 Å². The summed E-state index contributed by atoms with van der Waals surface area (Å²) in [6.07, 6.45) is 1.17. The van der Waals surface area contributed by atoms with Crippen LogP contribution >= 0.6 is 0 Å². The zero-order valence-corrected chi connectivity index (χ0v) is 14.6. The predicted molar refractivity (Wildman–Crippen MR) is 93.6 cm³/mol. The van der Waals surface area contributed by atoms with Crippen molar-refractivity contribution >= 4 is 5.91 Å². The number of carbonyl (C=O) groups is 1. The van der Waals surface area contributed by atoms with Crippen LogP contribution in [0.25, 0.3) is 5.69 Å². The van der Waals surface area contributed by atoms with E-state index in [2.05, 4.69) is 18.9 Å². The Morgan fingerprint density at radius 2 is 1.88 bits per heavy atom. The number of likely N-dealkylation sites (tertiary alicyclic amines) is 1. The molecule has 5 nitrogen and oxygen atoms in total. The van der Waals surface area contributed by atoms with Crippen LogP contribution in [0.5, 0.6) is 5.88 Å². The topological polar surface area (TPSA) is 47.4 Å². The van der Waals surface area contributed by atoms with E-state index >= 15 is 0 Å². The van der Waals surface area contributed by atoms with Crippen LogP contribution in [0.3, 0.4) is 0 Å². The van der Waals surface area contributed by atoms with Crippen LogP contribution in [0, 0.1) is 11.8 Å². The summed E-state index contributed by atoms with van der Waals surface area (Å²) in [4.78, 5) is 14.8. The van der Waals surface area contributed by atoms with E-state index in [0.717, 1.165) is 18.8 Å². The van der Waals surface area contributed by atoms with Crippen molar-refractivity contribution in [3.63, 3.8) is 0 Å². The van der Waals surface area contributed by atoms with E-state index in [-0.39, 0.29) is 5.91 Å². The number of ether oxygens (including phenoxy) is 1. The maximum atomic E-state index is 12.9. The lowest BCUT2D eigenvalue weighted by atomic mass is 9.92. The number of para-hydroxylation sites is 1. The molecular weight excluding hydrogens is 302 g/mol. The fraction of sp³-hybridized carbons (Fsp3) is 0.474. The highest BCUT2D eigenvalue weighted by Crippen LogP contribution is 2.25. The Hall–Kier alpha value is -2.30. The molecule has 24 heavy (non-hydrogen) atoms. The van der Waals surface area contributed by atoms with Gasteiger partial charge in [0.1, 0.15) is 0 Å². The number of aromatic nitrogens is 2. The van der Waals surface area contributed by atoms with Crippen LogP contribution in [0.2, 0.25) is 0 Å². The molecule has 0 saturated carbocycles. The zero-order valence-electron chi connectivity index (χ0n) is 14.6. The van der Waals surface area contributed by atoms with Gasteiger partial charge in [-0.05, 0) is 37.3 Å². The minimum atomic E-state index is -0.0102. The molecule has 1 aromatic heterocycles. The Kier molecular flexibility index (Phi) is 4.88. The van der Waals surface area contributed by atoms with Gasteiger partial charge in [0.15, 0.2) is 5.69 Å². The van der Waals surface area contributed by atoms with E-state index in [1.807, 2.05) is 42.2 Å². The van der Waals surface area contributed by atoms with Crippen molar-refractivity contribution in [1.29, 1.82) is 0 Å². The molecule has 0 bridgehead atoms. The largest absolute Gasteiger partial charge is 0.478 e. The first kappa shape index (κ1) is 16.6. The van der Waals surface area contributed by atoms with Gasteiger partial charge < -0.3 is 9.64 Å². The van der Waals surface area contributed by atoms with Gasteiger partial charge in [-0.3, -0.25) is 4.79 Å². The molecule has 0 aliphatic carbocycles. The van der Waals surface area contributed by atoms with Crippen LogP contribution in [-0.4, -0.2) is 40.3 Å². The Balaban J connectivity index is 1.89. The molecule has 2 atom stereocenters. The molecule has 0 radical (unpaired) electrons. The van der Waals surface area contributed by atoms with E-state index in [9.17, 15) is 4.79 Å². The number of rotatable bonds is 4. The number of piperidine rings is 1. The summed E-state index contributed by atoms with van der Waals surface area (Å²) in [5, 5.41) is 4.52. The smallest absolute Gasteiger partial charge is 0.274 e. The minimum Gasteiger partial charge on any atom is -0.478 e. The Bertz CT molecular complexity index is 686. The standard InChI is InChI=1S/C19H25N3O2/c1-4-24-18-11-17(20-22(18)16-8-6-5-7-9-16)19(23)21-12-14(2)10-15(3)13-21/h5-9,11,14-15H,4,10,12-13H2,1-3H3/t14-,15+. The van der Waals surface area contributed by atoms with Crippen molar-refractivity contribution in [2.45, 2.75) is 27.2 Å². The van der Waals surface area contributed by atoms with Crippen LogP contribution in [0.4, 0.5) is 0 Å². The minimum absolute atomic E-state index is 0.0102. The lowest BCUT2D eigenvalue weighted by Gasteiger charge is -2.34. The van der Waals surface area contributed by atoms with Crippen LogP contribution in [0.1, 0.15) is 37.7 Å². The van der Waals surface area contributed by atoms with Crippen molar-refractivity contribution in [1.82, 2.24) is 14.7 Å². The first-order chi connectivity index (χ1) is 11.6. The number of nitrogens with zero attached hydrogens (tertiary/aromatic N) is 3. The van der Waals surface area contributed by atoms with E-state index in [1.54, 1.807) is 10.7 Å². The van der Waals surface area contributed by atoms with E-state index in [0.29, 0.717) is 30.0 Å². The molecule has 0 N–H and O–H groups in total. The Morgan fingerprint density at radius 1 is 1.21 bits per heavy atom. The third kappa shape index (κ3) is 3.45. The summed E-state index contributed by atoms with van der Waals surface area (Å²) in [5.74, 6) is 1.65. The third-order valence-electron chi connectivity index (χ3n) is 4.34. The van der Waals surface area contributed by atoms with E-state index in [1.165, 1.54) is 6.42 Å². The highest BCUT2D eigenvalue weighted by Gasteiger charge is 2.28. The third-order valence-corrected chi connectivity index (χ3v) is 4.34. The van der Waals surface area contributed by atoms with Crippen molar-refractivity contribution in [3.05, 3.63) is 42.1 Å². The number of amides is 1. The van der Waals surface area contributed by atoms with Crippen LogP contribution in [0.15, 0.2) is 36.4 Å². The molecule has 128 valence electrons. The normalized spacial score (nSPS) is 20.9. The number of benzene rings is 1. The fourth-order valence-corrected chi connectivity index (χ4v) is 3.46. The maximum Gasteiger partial charge on any atom is 0.274 e. The molecule has 1 aliphatic heterocycles. The molecule has 1 saturated heterocycles. The average Bonchev–Trinajstić information content (AvgIpc) is 2.98. The lowest BCUT2D eigenvalue weighted by molar-refractivity contribution is 0.0616. The zero-order chi connectivity index (χ0) is 17.1. The quantitative estimate of drug-likeness (QED) is 0.865. The van der Waals surface area contributed by atoms with Crippen LogP contribution < -0.4 is 4.74 Å². The molecular formula is C19H25N3O2. The second kappa shape index (κ2) is 7.07. The number of hydrogen-bond donors (Lipinski definition) is 0. The van der Waals surface area contributed by atoms with Gasteiger partial charge in [-0.25, -0.2) is 4.68 Å². The molecule has 1 aromatic carbocycles. The molecule has 2 aromatic rings. The van der Waals surface area contributed by atoms with Gasteiger partial charge in [0.2, 0.25) is 5.88 Å². The summed E-state index contributed by atoms with van der Waals surface area (Å²) in [5.41, 5.74) is 1.34. The van der Waals surface area contributed by atoms with Crippen molar-refractivity contribution < 1.29 is 9.53 Å². The summed E-state index contributed by atoms with van der Waals surface area (Å²) in [6, 6.07) is 11.5. The maximum absolute atomic E-state index is 12.9. The second-order valence-corrected chi connectivity index (χ2v) is 6.70. The van der Waals surface area contributed by atoms with Gasteiger partial charge in [0, 0.05) is 19.2 Å². The molecule has 0 spiro atoms. The molecule has 1 aliphatic rings. The van der Waals surface area contributed by atoms with Gasteiger partial charge in [-0.1, -0.05) is 32.0 Å². The van der Waals surface area contributed by atoms with Crippen molar-refractivity contribution in [2.24, 2.45) is 11.8 Å². The molecule has 1 amide bonds. The van der Waals surface area contributed by atoms with Gasteiger partial charge in [0.05, 0.1) is 12.3 Å². The van der Waals surface area contributed by atoms with Crippen molar-refractivity contribution in [2.75, 3.05) is 19.7 Å². The molecule has 2 heterocycles. The van der Waals surface area contributed by atoms with E-state index in [4.69, 9.17) is 4.74 Å². The summed E-state index contributed by atoms with van der Waals surface area (Å²) >= 11 is 0. The predicted octanol–water partition coefficient (Wildman–Crippen LogP) is 3.39. The summed E-state index contributed by atoms with van der Waals surface area (Å²) < 4.78 is 7.38. The summed E-state index contributed by atoms with van der Waals surface area (Å²) in [7, 11) is 0. The van der Waals surface area contributed by atoms with Gasteiger partial charge in [0.25, 0.3) is 5.91 Å². The molecule has 5 heteroatoms.